The molecule has 7 heavy (non-hydrogen) atoms. The molecule has 0 aliphatic rings. The summed E-state index contributed by atoms with van der Waals surface area (Å²) < 4.78 is 22.0. The van der Waals surface area contributed by atoms with Gasteiger partial charge < -0.3 is 0 Å². The van der Waals surface area contributed by atoms with Gasteiger partial charge in [0.1, 0.15) is 0 Å². The van der Waals surface area contributed by atoms with Gasteiger partial charge in [0, 0.05) is 0 Å². The standard InChI is InChI=1S/C3H3F2OS/c4-2(5)1-3(6)7/h2H,1H2. The van der Waals surface area contributed by atoms with Crippen molar-refractivity contribution in [1.82, 2.24) is 0 Å². The van der Waals surface area contributed by atoms with Crippen LogP contribution in [0.15, 0.2) is 0 Å². The van der Waals surface area contributed by atoms with Gasteiger partial charge in [0.2, 0.25) is 11.5 Å². The quantitative estimate of drug-likeness (QED) is 0.544. The molecule has 0 aromatic rings. The molecule has 1 nitrogen and oxygen atoms in total. The molecule has 0 heterocycles. The molecule has 0 aliphatic carbocycles. The third-order valence-corrected chi connectivity index (χ3v) is 0.488. The van der Waals surface area contributed by atoms with E-state index in [4.69, 9.17) is 0 Å². The van der Waals surface area contributed by atoms with Crippen LogP contribution < -0.4 is 0 Å². The molecule has 0 bridgehead atoms. The Morgan fingerprint density at radius 2 is 2.14 bits per heavy atom. The van der Waals surface area contributed by atoms with Crippen LogP contribution in [0.2, 0.25) is 0 Å². The van der Waals surface area contributed by atoms with E-state index in [1.54, 1.807) is 0 Å². The van der Waals surface area contributed by atoms with E-state index >= 15 is 0 Å². The van der Waals surface area contributed by atoms with E-state index in [-0.39, 0.29) is 0 Å². The lowest BCUT2D eigenvalue weighted by Crippen LogP contribution is -1.95. The average Bonchev–Trinajstić information content (AvgIpc) is 1.27. The summed E-state index contributed by atoms with van der Waals surface area (Å²) >= 11 is 3.84. The molecule has 0 N–H and O–H groups in total. The highest BCUT2D eigenvalue weighted by Gasteiger charge is 2.05. The number of carbonyl (C=O) groups excluding carboxylic acids is 1. The van der Waals surface area contributed by atoms with E-state index in [2.05, 4.69) is 12.6 Å². The van der Waals surface area contributed by atoms with Gasteiger partial charge in [0.25, 0.3) is 0 Å². The molecule has 41 valence electrons. The van der Waals surface area contributed by atoms with E-state index in [0.29, 0.717) is 0 Å². The lowest BCUT2D eigenvalue weighted by atomic mass is 10.5. The van der Waals surface area contributed by atoms with E-state index in [0.717, 1.165) is 0 Å². The van der Waals surface area contributed by atoms with Crippen molar-refractivity contribution in [3.8, 4) is 0 Å². The summed E-state index contributed by atoms with van der Waals surface area (Å²) in [7, 11) is 0. The summed E-state index contributed by atoms with van der Waals surface area (Å²) in [6.45, 7) is 0. The van der Waals surface area contributed by atoms with Crippen molar-refractivity contribution in [3.63, 3.8) is 0 Å². The molecule has 0 spiro atoms. The third kappa shape index (κ3) is 5.75. The maximum absolute atomic E-state index is 11.0. The number of rotatable bonds is 2. The van der Waals surface area contributed by atoms with E-state index in [9.17, 15) is 13.6 Å². The minimum absolute atomic E-state index is 0.796. The number of hydrogen-bond donors (Lipinski definition) is 0. The van der Waals surface area contributed by atoms with Gasteiger partial charge in [-0.25, -0.2) is 8.78 Å². The maximum Gasteiger partial charge on any atom is 0.246 e. The van der Waals surface area contributed by atoms with E-state index in [1.165, 1.54) is 0 Å². The highest BCUT2D eigenvalue weighted by molar-refractivity contribution is 7.96. The molecular weight excluding hydrogens is 122 g/mol. The molecule has 0 aromatic carbocycles. The summed E-state index contributed by atoms with van der Waals surface area (Å²) in [5, 5.41) is -0.880. The summed E-state index contributed by atoms with van der Waals surface area (Å²) in [5.41, 5.74) is 0. The molecule has 0 atom stereocenters. The Hall–Kier alpha value is -0.250. The van der Waals surface area contributed by atoms with Gasteiger partial charge >= 0.3 is 0 Å². The average molecular weight is 125 g/mol. The molecular formula is C3H3F2OS. The maximum atomic E-state index is 11.0. The SMILES string of the molecule is O=C([S])CC(F)F. The fraction of sp³-hybridized carbons (Fsp3) is 0.667. The van der Waals surface area contributed by atoms with Crippen LogP contribution in [0, 0.1) is 0 Å². The number of hydrogen-bond acceptors (Lipinski definition) is 1. The third-order valence-electron chi connectivity index (χ3n) is 0.321. The molecule has 0 unspecified atom stereocenters. The second-order valence-electron chi connectivity index (χ2n) is 0.967. The summed E-state index contributed by atoms with van der Waals surface area (Å²) in [4.78, 5) is 9.59. The minimum Gasteiger partial charge on any atom is -0.282 e. The smallest absolute Gasteiger partial charge is 0.246 e. The summed E-state index contributed by atoms with van der Waals surface area (Å²) in [6.07, 6.45) is -3.38. The second-order valence-corrected chi connectivity index (χ2v) is 1.42. The van der Waals surface area contributed by atoms with Gasteiger partial charge in [0.15, 0.2) is 0 Å². The van der Waals surface area contributed by atoms with Crippen LogP contribution in [0.3, 0.4) is 0 Å². The zero-order valence-electron chi connectivity index (χ0n) is 3.36. The minimum atomic E-state index is -2.58. The fourth-order valence-electron chi connectivity index (χ4n) is 0.126. The molecule has 0 amide bonds. The van der Waals surface area contributed by atoms with E-state index < -0.39 is 18.0 Å². The van der Waals surface area contributed by atoms with Crippen molar-refractivity contribution in [2.24, 2.45) is 0 Å². The topological polar surface area (TPSA) is 17.1 Å². The van der Waals surface area contributed by atoms with Crippen LogP contribution in [-0.2, 0) is 4.79 Å². The van der Waals surface area contributed by atoms with Crippen molar-refractivity contribution >= 4 is 17.7 Å². The van der Waals surface area contributed by atoms with Crippen molar-refractivity contribution in [3.05, 3.63) is 0 Å². The lowest BCUT2D eigenvalue weighted by Gasteiger charge is -1.86. The first-order valence-corrected chi connectivity index (χ1v) is 2.01. The predicted molar refractivity (Wildman–Crippen MR) is 23.2 cm³/mol. The van der Waals surface area contributed by atoms with Gasteiger partial charge in [-0.15, -0.1) is 0 Å². The largest absolute Gasteiger partial charge is 0.282 e. The van der Waals surface area contributed by atoms with Crippen molar-refractivity contribution < 1.29 is 13.6 Å². The first-order chi connectivity index (χ1) is 3.13. The zero-order chi connectivity index (χ0) is 5.86. The first kappa shape index (κ1) is 6.75. The Bertz CT molecular complexity index is 73.3. The Morgan fingerprint density at radius 1 is 1.71 bits per heavy atom. The van der Waals surface area contributed by atoms with Crippen molar-refractivity contribution in [2.45, 2.75) is 12.8 Å². The lowest BCUT2D eigenvalue weighted by molar-refractivity contribution is -0.113. The molecule has 0 saturated carbocycles. The Morgan fingerprint density at radius 3 is 2.14 bits per heavy atom. The number of halogens is 2. The van der Waals surface area contributed by atoms with Crippen LogP contribution >= 0.6 is 12.6 Å². The van der Waals surface area contributed by atoms with Crippen LogP contribution in [0.4, 0.5) is 8.78 Å². The Kier molecular flexibility index (Phi) is 2.75. The molecule has 0 aromatic heterocycles. The molecule has 0 fully saturated rings. The van der Waals surface area contributed by atoms with Gasteiger partial charge in [-0.05, 0) is 12.6 Å². The normalized spacial score (nSPS) is 9.57. The Labute approximate surface area is 45.1 Å². The number of alkyl halides is 2. The summed E-state index contributed by atoms with van der Waals surface area (Å²) in [6, 6.07) is 0. The molecule has 4 heteroatoms. The van der Waals surface area contributed by atoms with Crippen molar-refractivity contribution in [2.75, 3.05) is 0 Å². The monoisotopic (exact) mass is 125 g/mol. The molecule has 0 rings (SSSR count). The van der Waals surface area contributed by atoms with Crippen LogP contribution in [0.25, 0.3) is 0 Å². The molecule has 0 aliphatic heterocycles. The van der Waals surface area contributed by atoms with Crippen LogP contribution in [0.1, 0.15) is 6.42 Å². The van der Waals surface area contributed by atoms with Crippen molar-refractivity contribution in [1.29, 1.82) is 0 Å². The van der Waals surface area contributed by atoms with Gasteiger partial charge in [-0.1, -0.05) is 0 Å². The zero-order valence-corrected chi connectivity index (χ0v) is 4.17. The van der Waals surface area contributed by atoms with Crippen LogP contribution in [0.5, 0.6) is 0 Å². The van der Waals surface area contributed by atoms with Gasteiger partial charge in [-0.2, -0.15) is 0 Å². The predicted octanol–water partition coefficient (Wildman–Crippen LogP) is 1.37. The summed E-state index contributed by atoms with van der Waals surface area (Å²) in [5.74, 6) is 0. The van der Waals surface area contributed by atoms with Crippen LogP contribution in [-0.4, -0.2) is 11.5 Å². The molecule has 1 radical (unpaired) electrons. The first-order valence-electron chi connectivity index (χ1n) is 1.61. The highest BCUT2D eigenvalue weighted by atomic mass is 32.1. The second kappa shape index (κ2) is 2.85. The fourth-order valence-corrected chi connectivity index (χ4v) is 0.252. The number of carbonyl (C=O) groups is 1. The molecule has 0 saturated heterocycles. The highest BCUT2D eigenvalue weighted by Crippen LogP contribution is 2.00. The van der Waals surface area contributed by atoms with Gasteiger partial charge in [0.05, 0.1) is 6.42 Å². The van der Waals surface area contributed by atoms with Gasteiger partial charge in [-0.3, -0.25) is 4.79 Å². The van der Waals surface area contributed by atoms with E-state index in [1.807, 2.05) is 0 Å². The Balaban J connectivity index is 3.13.